The fraction of sp³-hybridized carbons (Fsp3) is 0.273. The Balaban J connectivity index is 2.70. The molecule has 0 aromatic heterocycles. The molecule has 0 aliphatic heterocycles. The third-order valence-electron chi connectivity index (χ3n) is 2.11. The number of carbonyl (C=O) groups is 1. The van der Waals surface area contributed by atoms with Crippen LogP contribution in [0.4, 0.5) is 5.69 Å². The summed E-state index contributed by atoms with van der Waals surface area (Å²) in [5, 5.41) is 8.62. The number of alkyl halides is 4. The average molecular weight is 410 g/mol. The maximum Gasteiger partial charge on any atom is 0.236 e. The molecule has 1 rings (SSSR count). The number of thiocarbonyl (C=S) groups is 1. The zero-order valence-corrected chi connectivity index (χ0v) is 14.9. The molecule has 0 heterocycles. The van der Waals surface area contributed by atoms with Crippen molar-refractivity contribution >= 4 is 86.9 Å². The first-order valence-electron chi connectivity index (χ1n) is 5.47. The van der Waals surface area contributed by atoms with Crippen LogP contribution in [0.5, 0.6) is 0 Å². The van der Waals surface area contributed by atoms with Crippen LogP contribution in [0.2, 0.25) is 5.02 Å². The van der Waals surface area contributed by atoms with Crippen LogP contribution < -0.4 is 16.0 Å². The first-order valence-corrected chi connectivity index (χ1v) is 7.93. The van der Waals surface area contributed by atoms with Crippen molar-refractivity contribution in [3.8, 4) is 0 Å². The highest BCUT2D eigenvalue weighted by Gasteiger charge is 2.34. The number of carbonyl (C=O) groups excluding carboxylic acids is 1. The predicted octanol–water partition coefficient (Wildman–Crippen LogP) is 3.68. The lowest BCUT2D eigenvalue weighted by atomic mass is 10.3. The quantitative estimate of drug-likeness (QED) is 0.403. The highest BCUT2D eigenvalue weighted by molar-refractivity contribution is 7.80. The number of amides is 1. The third kappa shape index (κ3) is 7.08. The molecule has 21 heavy (non-hydrogen) atoms. The number of hydrogen-bond acceptors (Lipinski definition) is 2. The lowest BCUT2D eigenvalue weighted by Crippen LogP contribution is -2.56. The summed E-state index contributed by atoms with van der Waals surface area (Å²) in [6.07, 6.45) is -1.05. The number of halogens is 5. The van der Waals surface area contributed by atoms with Crippen molar-refractivity contribution in [2.24, 2.45) is 0 Å². The van der Waals surface area contributed by atoms with Crippen LogP contribution in [-0.2, 0) is 4.79 Å². The van der Waals surface area contributed by atoms with E-state index in [1.807, 2.05) is 0 Å². The molecule has 0 aliphatic rings. The molecule has 0 unspecified atom stereocenters. The molecule has 0 spiro atoms. The van der Waals surface area contributed by atoms with Gasteiger partial charge in [0.1, 0.15) is 12.0 Å². The van der Waals surface area contributed by atoms with Crippen LogP contribution in [0.1, 0.15) is 0 Å². The molecule has 0 saturated carbocycles. The largest absolute Gasteiger partial charge is 0.339 e. The van der Waals surface area contributed by atoms with Gasteiger partial charge in [0, 0.05) is 10.7 Å². The standard InChI is InChI=1S/C11H10Cl5N3OS/c12-5-8(20)18-9(11(14,15)16)19-10(21)17-7-3-1-2-6(13)4-7/h1-4,9H,5H2,(H,18,20)(H2,17,19,21)/t9-/m0/s1. The van der Waals surface area contributed by atoms with Gasteiger partial charge in [-0.1, -0.05) is 52.5 Å². The summed E-state index contributed by atoms with van der Waals surface area (Å²) in [6.45, 7) is 0. The number of benzene rings is 1. The fourth-order valence-corrected chi connectivity index (χ4v) is 2.09. The summed E-state index contributed by atoms with van der Waals surface area (Å²) < 4.78 is -1.82. The minimum atomic E-state index is -1.82. The summed E-state index contributed by atoms with van der Waals surface area (Å²) in [5.41, 5.74) is 0.645. The lowest BCUT2D eigenvalue weighted by Gasteiger charge is -2.27. The normalized spacial score (nSPS) is 12.4. The number of rotatable bonds is 4. The molecule has 0 aliphatic carbocycles. The second-order valence-corrected chi connectivity index (χ2v) is 7.27. The van der Waals surface area contributed by atoms with Gasteiger partial charge in [0.15, 0.2) is 5.11 Å². The maximum absolute atomic E-state index is 11.3. The van der Waals surface area contributed by atoms with Crippen LogP contribution in [0.3, 0.4) is 0 Å². The molecular formula is C11H10Cl5N3OS. The van der Waals surface area contributed by atoms with Gasteiger partial charge in [-0.15, -0.1) is 11.6 Å². The summed E-state index contributed by atoms with van der Waals surface area (Å²) in [5.74, 6) is -0.779. The van der Waals surface area contributed by atoms with Gasteiger partial charge in [-0.25, -0.2) is 0 Å². The van der Waals surface area contributed by atoms with E-state index in [0.29, 0.717) is 10.7 Å². The van der Waals surface area contributed by atoms with E-state index in [9.17, 15) is 4.79 Å². The van der Waals surface area contributed by atoms with Crippen molar-refractivity contribution in [1.82, 2.24) is 10.6 Å². The van der Waals surface area contributed by atoms with Crippen LogP contribution in [0, 0.1) is 0 Å². The van der Waals surface area contributed by atoms with E-state index in [0.717, 1.165) is 0 Å². The van der Waals surface area contributed by atoms with Gasteiger partial charge in [-0.05, 0) is 30.4 Å². The molecule has 0 fully saturated rings. The van der Waals surface area contributed by atoms with Crippen LogP contribution in [0.15, 0.2) is 24.3 Å². The molecular weight excluding hydrogens is 399 g/mol. The Bertz CT molecular complexity index is 523. The monoisotopic (exact) mass is 407 g/mol. The number of anilines is 1. The van der Waals surface area contributed by atoms with Crippen LogP contribution >= 0.6 is 70.2 Å². The Hall–Kier alpha value is -0.170. The molecule has 1 atom stereocenters. The highest BCUT2D eigenvalue weighted by Crippen LogP contribution is 2.29. The third-order valence-corrected chi connectivity index (χ3v) is 3.46. The van der Waals surface area contributed by atoms with Crippen molar-refractivity contribution < 1.29 is 4.79 Å². The van der Waals surface area contributed by atoms with Gasteiger partial charge >= 0.3 is 0 Å². The molecule has 1 amide bonds. The van der Waals surface area contributed by atoms with Gasteiger partial charge in [0.25, 0.3) is 0 Å². The van der Waals surface area contributed by atoms with Gasteiger partial charge in [-0.3, -0.25) is 4.79 Å². The van der Waals surface area contributed by atoms with Crippen molar-refractivity contribution in [3.05, 3.63) is 29.3 Å². The van der Waals surface area contributed by atoms with Crippen LogP contribution in [0.25, 0.3) is 0 Å². The van der Waals surface area contributed by atoms with E-state index >= 15 is 0 Å². The second-order valence-electron chi connectivity index (χ2n) is 3.78. The second kappa shape index (κ2) is 8.46. The molecule has 10 heteroatoms. The molecule has 0 bridgehead atoms. The zero-order chi connectivity index (χ0) is 16.0. The summed E-state index contributed by atoms with van der Waals surface area (Å²) in [6, 6.07) is 6.88. The first kappa shape index (κ1) is 18.9. The summed E-state index contributed by atoms with van der Waals surface area (Å²) in [7, 11) is 0. The van der Waals surface area contributed by atoms with Crippen LogP contribution in [-0.4, -0.2) is 26.9 Å². The van der Waals surface area contributed by atoms with E-state index in [1.54, 1.807) is 24.3 Å². The fourth-order valence-electron chi connectivity index (χ4n) is 1.26. The van der Waals surface area contributed by atoms with Gasteiger partial charge in [0.05, 0.1) is 0 Å². The van der Waals surface area contributed by atoms with Crippen molar-refractivity contribution in [3.63, 3.8) is 0 Å². The first-order chi connectivity index (χ1) is 9.72. The van der Waals surface area contributed by atoms with E-state index in [-0.39, 0.29) is 11.0 Å². The Morgan fingerprint density at radius 3 is 2.48 bits per heavy atom. The zero-order valence-electron chi connectivity index (χ0n) is 10.3. The van der Waals surface area contributed by atoms with Crippen molar-refractivity contribution in [2.75, 3.05) is 11.2 Å². The Morgan fingerprint density at radius 1 is 1.29 bits per heavy atom. The lowest BCUT2D eigenvalue weighted by molar-refractivity contribution is -0.119. The van der Waals surface area contributed by atoms with Crippen molar-refractivity contribution in [1.29, 1.82) is 0 Å². The number of hydrogen-bond donors (Lipinski definition) is 3. The molecule has 1 aromatic rings. The molecule has 3 N–H and O–H groups in total. The smallest absolute Gasteiger partial charge is 0.236 e. The molecule has 1 aromatic carbocycles. The van der Waals surface area contributed by atoms with E-state index in [4.69, 9.17) is 70.2 Å². The Morgan fingerprint density at radius 2 is 1.95 bits per heavy atom. The minimum absolute atomic E-state index is 0.142. The number of nitrogens with one attached hydrogen (secondary N) is 3. The Kier molecular flexibility index (Phi) is 7.60. The van der Waals surface area contributed by atoms with Crippen molar-refractivity contribution in [2.45, 2.75) is 9.96 Å². The van der Waals surface area contributed by atoms with E-state index in [2.05, 4.69) is 16.0 Å². The molecule has 0 radical (unpaired) electrons. The minimum Gasteiger partial charge on any atom is -0.339 e. The van der Waals surface area contributed by atoms with Gasteiger partial charge in [0.2, 0.25) is 9.70 Å². The van der Waals surface area contributed by atoms with E-state index < -0.39 is 15.9 Å². The van der Waals surface area contributed by atoms with Gasteiger partial charge in [-0.2, -0.15) is 0 Å². The summed E-state index contributed by atoms with van der Waals surface area (Å²) >= 11 is 33.7. The van der Waals surface area contributed by atoms with Gasteiger partial charge < -0.3 is 16.0 Å². The summed E-state index contributed by atoms with van der Waals surface area (Å²) in [4.78, 5) is 11.3. The molecule has 116 valence electrons. The highest BCUT2D eigenvalue weighted by atomic mass is 35.6. The average Bonchev–Trinajstić information content (AvgIpc) is 2.36. The Labute approximate surface area is 152 Å². The van der Waals surface area contributed by atoms with E-state index in [1.165, 1.54) is 0 Å². The molecule has 4 nitrogen and oxygen atoms in total. The molecule has 0 saturated heterocycles. The predicted molar refractivity (Wildman–Crippen MR) is 93.7 cm³/mol. The SMILES string of the molecule is O=C(CCl)N[C@@H](NC(=S)Nc1cccc(Cl)c1)C(Cl)(Cl)Cl. The topological polar surface area (TPSA) is 53.2 Å². The maximum atomic E-state index is 11.3.